The van der Waals surface area contributed by atoms with Crippen molar-refractivity contribution < 1.29 is 19.4 Å². The molecule has 1 N–H and O–H groups in total. The van der Waals surface area contributed by atoms with Gasteiger partial charge in [0.05, 0.1) is 18.2 Å². The third-order valence-corrected chi connectivity index (χ3v) is 2.33. The van der Waals surface area contributed by atoms with Crippen LogP contribution < -0.4 is 0 Å². The van der Waals surface area contributed by atoms with E-state index in [1.54, 1.807) is 6.92 Å². The van der Waals surface area contributed by atoms with Gasteiger partial charge in [0.1, 0.15) is 12.2 Å². The number of ketones is 1. The molecule has 0 aliphatic heterocycles. The molecule has 7 nitrogen and oxygen atoms in total. The van der Waals surface area contributed by atoms with Gasteiger partial charge in [-0.2, -0.15) is 0 Å². The van der Waals surface area contributed by atoms with E-state index in [1.807, 2.05) is 0 Å². The molecular formula is C10H17N3O4. The van der Waals surface area contributed by atoms with E-state index in [0.29, 0.717) is 0 Å². The fourth-order valence-electron chi connectivity index (χ4n) is 1.18. The van der Waals surface area contributed by atoms with Crippen LogP contribution >= 0.6 is 0 Å². The number of hydrogen-bond acceptors (Lipinski definition) is 5. The Labute approximate surface area is 99.4 Å². The van der Waals surface area contributed by atoms with Crippen molar-refractivity contribution in [1.29, 1.82) is 0 Å². The third kappa shape index (κ3) is 5.89. The Hall–Kier alpha value is -1.59. The van der Waals surface area contributed by atoms with Crippen LogP contribution in [0.4, 0.5) is 0 Å². The summed E-state index contributed by atoms with van der Waals surface area (Å²) in [5.41, 5.74) is 6.78. The van der Waals surface area contributed by atoms with Crippen LogP contribution in [0, 0.1) is 0 Å². The molecule has 0 aromatic carbocycles. The zero-order chi connectivity index (χ0) is 13.5. The number of azide groups is 1. The molecule has 17 heavy (non-hydrogen) atoms. The van der Waals surface area contributed by atoms with Gasteiger partial charge < -0.3 is 9.84 Å². The van der Waals surface area contributed by atoms with E-state index in [9.17, 15) is 14.7 Å². The van der Waals surface area contributed by atoms with Gasteiger partial charge in [-0.05, 0) is 19.4 Å². The van der Waals surface area contributed by atoms with E-state index < -0.39 is 23.4 Å². The Kier molecular flexibility index (Phi) is 6.23. The van der Waals surface area contributed by atoms with Crippen molar-refractivity contribution in [3.63, 3.8) is 0 Å². The van der Waals surface area contributed by atoms with Crippen molar-refractivity contribution in [1.82, 2.24) is 0 Å². The zero-order valence-corrected chi connectivity index (χ0v) is 10.2. The van der Waals surface area contributed by atoms with Crippen LogP contribution in [0.2, 0.25) is 0 Å². The van der Waals surface area contributed by atoms with Crippen molar-refractivity contribution in [3.05, 3.63) is 10.4 Å². The largest absolute Gasteiger partial charge is 0.466 e. The minimum Gasteiger partial charge on any atom is -0.466 e. The van der Waals surface area contributed by atoms with Crippen LogP contribution in [-0.2, 0) is 14.3 Å². The van der Waals surface area contributed by atoms with Crippen molar-refractivity contribution in [3.8, 4) is 0 Å². The molecule has 0 radical (unpaired) electrons. The summed E-state index contributed by atoms with van der Waals surface area (Å²) in [7, 11) is 0. The van der Waals surface area contributed by atoms with Gasteiger partial charge in [0.15, 0.2) is 0 Å². The summed E-state index contributed by atoms with van der Waals surface area (Å²) in [6.45, 7) is 4.73. The number of ether oxygens (including phenoxy) is 1. The number of hydrogen-bond donors (Lipinski definition) is 1. The lowest BCUT2D eigenvalue weighted by Gasteiger charge is -2.26. The Morgan fingerprint density at radius 2 is 2.18 bits per heavy atom. The van der Waals surface area contributed by atoms with Gasteiger partial charge in [-0.25, -0.2) is 0 Å². The quantitative estimate of drug-likeness (QED) is 0.239. The topological polar surface area (TPSA) is 112 Å². The van der Waals surface area contributed by atoms with Crippen molar-refractivity contribution in [2.24, 2.45) is 5.11 Å². The molecule has 96 valence electrons. The van der Waals surface area contributed by atoms with Crippen molar-refractivity contribution in [2.45, 2.75) is 45.3 Å². The fourth-order valence-corrected chi connectivity index (χ4v) is 1.18. The molecule has 0 aromatic heterocycles. The van der Waals surface area contributed by atoms with E-state index in [1.165, 1.54) is 13.8 Å². The van der Waals surface area contributed by atoms with Crippen LogP contribution in [0.25, 0.3) is 10.4 Å². The highest BCUT2D eigenvalue weighted by atomic mass is 16.5. The summed E-state index contributed by atoms with van der Waals surface area (Å²) < 4.78 is 4.61. The first-order valence-corrected chi connectivity index (χ1v) is 5.27. The predicted molar refractivity (Wildman–Crippen MR) is 60.1 cm³/mol. The second-order valence-corrected chi connectivity index (χ2v) is 3.94. The highest BCUT2D eigenvalue weighted by molar-refractivity contribution is 5.95. The molecule has 0 aliphatic rings. The van der Waals surface area contributed by atoms with Crippen molar-refractivity contribution in [2.75, 3.05) is 6.61 Å². The zero-order valence-electron chi connectivity index (χ0n) is 10.2. The highest BCUT2D eigenvalue weighted by Crippen LogP contribution is 2.19. The maximum absolute atomic E-state index is 11.5. The fraction of sp³-hybridized carbons (Fsp3) is 0.800. The molecule has 0 fully saturated rings. The number of carbonyl (C=O) groups excluding carboxylic acids is 2. The Balaban J connectivity index is 4.36. The number of Topliss-reactive ketones (excluding diaryl/α,β-unsaturated/α-hetero) is 1. The van der Waals surface area contributed by atoms with Gasteiger partial charge >= 0.3 is 5.97 Å². The average molecular weight is 243 g/mol. The Morgan fingerprint density at radius 3 is 2.65 bits per heavy atom. The molecule has 0 bridgehead atoms. The number of carbonyl (C=O) groups is 2. The summed E-state index contributed by atoms with van der Waals surface area (Å²) in [5.74, 6) is -1.07. The second kappa shape index (κ2) is 6.88. The van der Waals surface area contributed by atoms with Crippen LogP contribution in [0.15, 0.2) is 5.11 Å². The van der Waals surface area contributed by atoms with E-state index >= 15 is 0 Å². The number of esters is 1. The summed E-state index contributed by atoms with van der Waals surface area (Å²) in [6, 6.07) is -0.751. The molecule has 0 rings (SSSR count). The first-order valence-electron chi connectivity index (χ1n) is 5.27. The third-order valence-electron chi connectivity index (χ3n) is 2.33. The molecule has 0 heterocycles. The maximum Gasteiger partial charge on any atom is 0.313 e. The molecule has 0 aromatic rings. The van der Waals surface area contributed by atoms with Gasteiger partial charge in [-0.1, -0.05) is 12.0 Å². The second-order valence-electron chi connectivity index (χ2n) is 3.94. The summed E-state index contributed by atoms with van der Waals surface area (Å²) in [6.07, 6.45) is -0.640. The summed E-state index contributed by atoms with van der Waals surface area (Å²) >= 11 is 0. The maximum atomic E-state index is 11.5. The lowest BCUT2D eigenvalue weighted by molar-refractivity contribution is -0.146. The first-order chi connectivity index (χ1) is 7.83. The van der Waals surface area contributed by atoms with Gasteiger partial charge in [-0.3, -0.25) is 9.59 Å². The summed E-state index contributed by atoms with van der Waals surface area (Å²) in [4.78, 5) is 25.0. The highest BCUT2D eigenvalue weighted by Gasteiger charge is 2.31. The minimum atomic E-state index is -1.46. The Bertz CT molecular complexity index is 334. The molecule has 7 heteroatoms. The van der Waals surface area contributed by atoms with E-state index in [4.69, 9.17) is 5.53 Å². The molecule has 0 saturated heterocycles. The van der Waals surface area contributed by atoms with Crippen LogP contribution in [0.5, 0.6) is 0 Å². The molecule has 2 atom stereocenters. The molecule has 0 saturated carbocycles. The normalized spacial score (nSPS) is 15.3. The van der Waals surface area contributed by atoms with E-state index in [0.717, 1.165) is 0 Å². The van der Waals surface area contributed by atoms with Crippen LogP contribution in [-0.4, -0.2) is 35.1 Å². The summed E-state index contributed by atoms with van der Waals surface area (Å²) in [5, 5.41) is 13.2. The monoisotopic (exact) mass is 243 g/mol. The molecule has 0 aliphatic carbocycles. The molecule has 0 amide bonds. The molecule has 1 unspecified atom stereocenters. The standard InChI is InChI=1S/C10H17N3O4/c1-4-17-9(15)5-8(14)6-10(3,16)7(2)12-13-11/h7,16H,4-6H2,1-3H3/t7?,10-/m0/s1. The smallest absolute Gasteiger partial charge is 0.313 e. The minimum absolute atomic E-state index is 0.206. The van der Waals surface area contributed by atoms with Gasteiger partial charge in [0.25, 0.3) is 0 Å². The van der Waals surface area contributed by atoms with E-state index in [2.05, 4.69) is 14.8 Å². The Morgan fingerprint density at radius 1 is 1.59 bits per heavy atom. The lowest BCUT2D eigenvalue weighted by Crippen LogP contribution is -2.38. The number of rotatable bonds is 7. The molecular weight excluding hydrogens is 226 g/mol. The number of aliphatic hydroxyl groups is 1. The average Bonchev–Trinajstić information content (AvgIpc) is 2.16. The predicted octanol–water partition coefficient (Wildman–Crippen LogP) is 1.35. The van der Waals surface area contributed by atoms with Gasteiger partial charge in [-0.15, -0.1) is 0 Å². The first kappa shape index (κ1) is 15.4. The van der Waals surface area contributed by atoms with Gasteiger partial charge in [0, 0.05) is 11.3 Å². The van der Waals surface area contributed by atoms with Gasteiger partial charge in [0.2, 0.25) is 0 Å². The SMILES string of the molecule is CCOC(=O)CC(=O)C[C@](C)(O)C(C)N=[N+]=[N-]. The molecule has 0 spiro atoms. The lowest BCUT2D eigenvalue weighted by atomic mass is 9.91. The number of nitrogens with zero attached hydrogens (tertiary/aromatic N) is 3. The van der Waals surface area contributed by atoms with E-state index in [-0.39, 0.29) is 19.4 Å². The van der Waals surface area contributed by atoms with Crippen LogP contribution in [0.1, 0.15) is 33.6 Å². The van der Waals surface area contributed by atoms with Crippen LogP contribution in [0.3, 0.4) is 0 Å². The van der Waals surface area contributed by atoms with Crippen molar-refractivity contribution >= 4 is 11.8 Å².